The highest BCUT2D eigenvalue weighted by Gasteiger charge is 2.21. The maximum atomic E-state index is 12.6. The number of carbonyl (C=O) groups is 2. The van der Waals surface area contributed by atoms with E-state index in [0.717, 1.165) is 16.9 Å². The zero-order valence-corrected chi connectivity index (χ0v) is 16.8. The summed E-state index contributed by atoms with van der Waals surface area (Å²) in [5, 5.41) is 5.76. The van der Waals surface area contributed by atoms with E-state index in [0.29, 0.717) is 19.6 Å². The summed E-state index contributed by atoms with van der Waals surface area (Å²) < 4.78 is 5.41. The minimum atomic E-state index is -0.563. The van der Waals surface area contributed by atoms with Crippen LogP contribution in [0.1, 0.15) is 38.3 Å². The molecule has 6 nitrogen and oxygen atoms in total. The van der Waals surface area contributed by atoms with Gasteiger partial charge in [-0.05, 0) is 48.6 Å². The smallest absolute Gasteiger partial charge is 0.242 e. The summed E-state index contributed by atoms with van der Waals surface area (Å²) in [5.74, 6) is 0.697. The highest BCUT2D eigenvalue weighted by Crippen LogP contribution is 2.13. The van der Waals surface area contributed by atoms with Crippen molar-refractivity contribution in [2.24, 2.45) is 5.92 Å². The van der Waals surface area contributed by atoms with Crippen LogP contribution in [0.2, 0.25) is 0 Å². The largest absolute Gasteiger partial charge is 0.494 e. The van der Waals surface area contributed by atoms with Crippen LogP contribution in [0.5, 0.6) is 5.75 Å². The molecular weight excluding hydrogens is 354 g/mol. The molecule has 0 fully saturated rings. The molecule has 2 N–H and O–H groups in total. The number of pyridine rings is 1. The molecule has 0 aliphatic heterocycles. The molecule has 1 aromatic heterocycles. The summed E-state index contributed by atoms with van der Waals surface area (Å²) in [6, 6.07) is 10.6. The average Bonchev–Trinajstić information content (AvgIpc) is 2.68. The molecule has 0 unspecified atom stereocenters. The summed E-state index contributed by atoms with van der Waals surface area (Å²) in [7, 11) is 0. The molecule has 6 heteroatoms. The van der Waals surface area contributed by atoms with Gasteiger partial charge in [0.2, 0.25) is 11.8 Å². The molecule has 0 saturated carbocycles. The number of carbonyl (C=O) groups excluding carboxylic acids is 2. The van der Waals surface area contributed by atoms with Gasteiger partial charge in [-0.3, -0.25) is 14.6 Å². The van der Waals surface area contributed by atoms with Crippen LogP contribution >= 0.6 is 0 Å². The molecule has 0 radical (unpaired) electrons. The van der Waals surface area contributed by atoms with Crippen LogP contribution < -0.4 is 15.4 Å². The van der Waals surface area contributed by atoms with Crippen LogP contribution in [-0.4, -0.2) is 29.4 Å². The second-order valence-electron chi connectivity index (χ2n) is 7.08. The van der Waals surface area contributed by atoms with Crippen LogP contribution in [0.15, 0.2) is 48.8 Å². The van der Waals surface area contributed by atoms with E-state index in [2.05, 4.69) is 15.6 Å². The predicted octanol–water partition coefficient (Wildman–Crippen LogP) is 2.87. The zero-order valence-electron chi connectivity index (χ0n) is 16.8. The molecule has 1 atom stereocenters. The number of aromatic nitrogens is 1. The molecule has 28 heavy (non-hydrogen) atoms. The minimum Gasteiger partial charge on any atom is -0.494 e. The molecule has 2 aromatic rings. The van der Waals surface area contributed by atoms with E-state index < -0.39 is 6.04 Å². The third-order valence-corrected chi connectivity index (χ3v) is 4.15. The van der Waals surface area contributed by atoms with Crippen molar-refractivity contribution in [3.8, 4) is 5.75 Å². The normalized spacial score (nSPS) is 11.7. The van der Waals surface area contributed by atoms with E-state index in [1.165, 1.54) is 0 Å². The van der Waals surface area contributed by atoms with E-state index in [-0.39, 0.29) is 24.2 Å². The maximum Gasteiger partial charge on any atom is 0.242 e. The van der Waals surface area contributed by atoms with Gasteiger partial charge in [-0.2, -0.15) is 0 Å². The Kier molecular flexibility index (Phi) is 8.46. The lowest BCUT2D eigenvalue weighted by Gasteiger charge is -2.20. The number of rotatable bonds is 10. The van der Waals surface area contributed by atoms with E-state index >= 15 is 0 Å². The Morgan fingerprint density at radius 1 is 1.11 bits per heavy atom. The summed E-state index contributed by atoms with van der Waals surface area (Å²) in [5.41, 5.74) is 1.79. The molecule has 2 amide bonds. The lowest BCUT2D eigenvalue weighted by atomic mass is 10.0. The number of ether oxygens (including phenoxy) is 1. The SMILES string of the molecule is CCOc1ccc(CC(=O)N[C@@H](CC(C)C)C(=O)NCc2cccnc2)cc1. The van der Waals surface area contributed by atoms with Crippen molar-refractivity contribution in [1.29, 1.82) is 0 Å². The fraction of sp³-hybridized carbons (Fsp3) is 0.409. The number of hydrogen-bond donors (Lipinski definition) is 2. The Labute approximate surface area is 166 Å². The average molecular weight is 383 g/mol. The molecule has 0 bridgehead atoms. The predicted molar refractivity (Wildman–Crippen MR) is 109 cm³/mol. The van der Waals surface area contributed by atoms with Crippen molar-refractivity contribution < 1.29 is 14.3 Å². The molecular formula is C22H29N3O3. The van der Waals surface area contributed by atoms with Crippen molar-refractivity contribution in [3.63, 3.8) is 0 Å². The van der Waals surface area contributed by atoms with Crippen LogP contribution in [0.25, 0.3) is 0 Å². The number of hydrogen-bond acceptors (Lipinski definition) is 4. The Hall–Kier alpha value is -2.89. The maximum absolute atomic E-state index is 12.6. The summed E-state index contributed by atoms with van der Waals surface area (Å²) in [6.45, 7) is 6.97. The van der Waals surface area contributed by atoms with Gasteiger partial charge in [-0.1, -0.05) is 32.0 Å². The fourth-order valence-electron chi connectivity index (χ4n) is 2.82. The highest BCUT2D eigenvalue weighted by molar-refractivity contribution is 5.88. The van der Waals surface area contributed by atoms with Crippen molar-refractivity contribution >= 4 is 11.8 Å². The zero-order chi connectivity index (χ0) is 20.4. The van der Waals surface area contributed by atoms with Crippen molar-refractivity contribution in [3.05, 3.63) is 59.9 Å². The van der Waals surface area contributed by atoms with Gasteiger partial charge in [0.25, 0.3) is 0 Å². The summed E-state index contributed by atoms with van der Waals surface area (Å²) in [4.78, 5) is 29.1. The van der Waals surface area contributed by atoms with Gasteiger partial charge in [0.1, 0.15) is 11.8 Å². The summed E-state index contributed by atoms with van der Waals surface area (Å²) >= 11 is 0. The molecule has 1 heterocycles. The number of nitrogens with zero attached hydrogens (tertiary/aromatic N) is 1. The van der Waals surface area contributed by atoms with Gasteiger partial charge >= 0.3 is 0 Å². The lowest BCUT2D eigenvalue weighted by molar-refractivity contribution is -0.129. The molecule has 0 saturated heterocycles. The van der Waals surface area contributed by atoms with Crippen molar-refractivity contribution in [1.82, 2.24) is 15.6 Å². The van der Waals surface area contributed by atoms with Crippen LogP contribution in [-0.2, 0) is 22.6 Å². The van der Waals surface area contributed by atoms with Crippen LogP contribution in [0, 0.1) is 5.92 Å². The van der Waals surface area contributed by atoms with E-state index in [4.69, 9.17) is 4.74 Å². The first-order valence-corrected chi connectivity index (χ1v) is 9.65. The molecule has 150 valence electrons. The van der Waals surface area contributed by atoms with Crippen molar-refractivity contribution in [2.45, 2.75) is 46.2 Å². The van der Waals surface area contributed by atoms with Crippen molar-refractivity contribution in [2.75, 3.05) is 6.61 Å². The lowest BCUT2D eigenvalue weighted by Crippen LogP contribution is -2.47. The molecule has 1 aromatic carbocycles. The number of benzene rings is 1. The van der Waals surface area contributed by atoms with Crippen LogP contribution in [0.4, 0.5) is 0 Å². The highest BCUT2D eigenvalue weighted by atomic mass is 16.5. The van der Waals surface area contributed by atoms with Gasteiger partial charge in [0.05, 0.1) is 13.0 Å². The standard InChI is InChI=1S/C22H29N3O3/c1-4-28-19-9-7-17(8-10-19)13-21(26)25-20(12-16(2)3)22(27)24-15-18-6-5-11-23-14-18/h5-11,14,16,20H,4,12-13,15H2,1-3H3,(H,24,27)(H,25,26)/t20-/m0/s1. The van der Waals surface area contributed by atoms with E-state index in [9.17, 15) is 9.59 Å². The van der Waals surface area contributed by atoms with Gasteiger partial charge in [-0.15, -0.1) is 0 Å². The second kappa shape index (κ2) is 11.1. The van der Waals surface area contributed by atoms with Gasteiger partial charge in [0, 0.05) is 18.9 Å². The Bertz CT molecular complexity index is 745. The first-order chi connectivity index (χ1) is 13.5. The number of nitrogens with one attached hydrogen (secondary N) is 2. The quantitative estimate of drug-likeness (QED) is 0.661. The Morgan fingerprint density at radius 2 is 1.86 bits per heavy atom. The third kappa shape index (κ3) is 7.39. The summed E-state index contributed by atoms with van der Waals surface area (Å²) in [6.07, 6.45) is 4.20. The van der Waals surface area contributed by atoms with E-state index in [1.807, 2.05) is 57.2 Å². The third-order valence-electron chi connectivity index (χ3n) is 4.15. The molecule has 0 aliphatic carbocycles. The van der Waals surface area contributed by atoms with Gasteiger partial charge in [-0.25, -0.2) is 0 Å². The van der Waals surface area contributed by atoms with Crippen LogP contribution in [0.3, 0.4) is 0 Å². The first-order valence-electron chi connectivity index (χ1n) is 9.65. The first kappa shape index (κ1) is 21.4. The minimum absolute atomic E-state index is 0.175. The van der Waals surface area contributed by atoms with E-state index in [1.54, 1.807) is 12.4 Å². The topological polar surface area (TPSA) is 80.3 Å². The Balaban J connectivity index is 1.92. The molecule has 2 rings (SSSR count). The monoisotopic (exact) mass is 383 g/mol. The van der Waals surface area contributed by atoms with Gasteiger partial charge in [0.15, 0.2) is 0 Å². The molecule has 0 spiro atoms. The van der Waals surface area contributed by atoms with Gasteiger partial charge < -0.3 is 15.4 Å². The Morgan fingerprint density at radius 3 is 2.46 bits per heavy atom. The molecule has 0 aliphatic rings. The second-order valence-corrected chi connectivity index (χ2v) is 7.08. The number of amides is 2. The fourth-order valence-corrected chi connectivity index (χ4v) is 2.82.